The minimum Gasteiger partial charge on any atom is -1.00 e. The topological polar surface area (TPSA) is 0 Å². The standard InChI is InChI=1S/C8H8F.BrH.Zn/c1-6-4-3-5-8(9)7(6)2;;/h3-5H,2H2,1H3;1H;/q;;+1/p-1. The van der Waals surface area contributed by atoms with E-state index in [1.165, 1.54) is 6.07 Å². The van der Waals surface area contributed by atoms with Crippen molar-refractivity contribution in [3.8, 4) is 0 Å². The number of hydrogen-bond donors (Lipinski definition) is 0. The Hall–Kier alpha value is 0.253. The molecule has 0 aliphatic rings. The van der Waals surface area contributed by atoms with Gasteiger partial charge in [0.05, 0.1) is 0 Å². The van der Waals surface area contributed by atoms with Gasteiger partial charge in [0.25, 0.3) is 0 Å². The molecule has 0 bridgehead atoms. The number of benzene rings is 1. The maximum absolute atomic E-state index is 12.9. The van der Waals surface area contributed by atoms with Gasteiger partial charge >= 0.3 is 69.8 Å². The number of hydrogen-bond acceptors (Lipinski definition) is 0. The van der Waals surface area contributed by atoms with Crippen LogP contribution in [-0.4, -0.2) is 0 Å². The Bertz CT molecular complexity index is 217. The molecule has 0 heterocycles. The van der Waals surface area contributed by atoms with Crippen LogP contribution in [0.2, 0.25) is 0 Å². The molecule has 1 aromatic carbocycles. The Morgan fingerprint density at radius 1 is 1.45 bits per heavy atom. The van der Waals surface area contributed by atoms with Crippen LogP contribution >= 0.6 is 0 Å². The van der Waals surface area contributed by atoms with Gasteiger partial charge in [-0.15, -0.1) is 0 Å². The van der Waals surface area contributed by atoms with E-state index in [1.807, 2.05) is 13.0 Å². The van der Waals surface area contributed by atoms with Crippen LogP contribution in [-0.2, 0) is 23.3 Å². The zero-order valence-electron chi connectivity index (χ0n) is 6.40. The molecular formula is C8H8BrFZn. The summed E-state index contributed by atoms with van der Waals surface area (Å²) in [5.74, 6) is -0.0498. The molecule has 1 aromatic rings. The van der Waals surface area contributed by atoms with Gasteiger partial charge in [-0.1, -0.05) is 0 Å². The summed E-state index contributed by atoms with van der Waals surface area (Å²) in [6.45, 7) is 1.95. The van der Waals surface area contributed by atoms with Gasteiger partial charge in [-0.2, -0.15) is 0 Å². The minimum atomic E-state index is -0.0498. The van der Waals surface area contributed by atoms with E-state index in [0.29, 0.717) is 0 Å². The smallest absolute Gasteiger partial charge is 1.00 e. The van der Waals surface area contributed by atoms with Gasteiger partial charge in [0.2, 0.25) is 0 Å². The molecule has 0 fully saturated rings. The summed E-state index contributed by atoms with van der Waals surface area (Å²) < 4.78 is 12.9. The van der Waals surface area contributed by atoms with Gasteiger partial charge in [0, 0.05) is 0 Å². The molecule has 0 amide bonds. The van der Waals surface area contributed by atoms with Crippen molar-refractivity contribution in [1.82, 2.24) is 0 Å². The molecule has 0 saturated heterocycles. The van der Waals surface area contributed by atoms with Crippen LogP contribution in [0.5, 0.6) is 0 Å². The number of rotatable bonds is 1. The van der Waals surface area contributed by atoms with Gasteiger partial charge in [-0.25, -0.2) is 0 Å². The third-order valence-electron chi connectivity index (χ3n) is 1.60. The average molecular weight is 268 g/mol. The van der Waals surface area contributed by atoms with Gasteiger partial charge in [-0.05, 0) is 0 Å². The summed E-state index contributed by atoms with van der Waals surface area (Å²) in [6.07, 6.45) is 0. The molecular weight excluding hydrogens is 260 g/mol. The zero-order valence-corrected chi connectivity index (χ0v) is 11.0. The van der Waals surface area contributed by atoms with Crippen molar-refractivity contribution in [3.63, 3.8) is 0 Å². The van der Waals surface area contributed by atoms with Gasteiger partial charge < -0.3 is 17.0 Å². The van der Waals surface area contributed by atoms with Crippen molar-refractivity contribution in [3.05, 3.63) is 35.1 Å². The largest absolute Gasteiger partial charge is 1.00 e. The molecule has 11 heavy (non-hydrogen) atoms. The predicted molar refractivity (Wildman–Crippen MR) is 34.8 cm³/mol. The fraction of sp³-hybridized carbons (Fsp3) is 0.250. The monoisotopic (exact) mass is 266 g/mol. The molecule has 0 unspecified atom stereocenters. The van der Waals surface area contributed by atoms with Gasteiger partial charge in [-0.3, -0.25) is 0 Å². The second-order valence-corrected chi connectivity index (χ2v) is 3.33. The Kier molecular flexibility index (Phi) is 5.11. The second kappa shape index (κ2) is 5.00. The van der Waals surface area contributed by atoms with Crippen molar-refractivity contribution < 1.29 is 39.7 Å². The van der Waals surface area contributed by atoms with Crippen molar-refractivity contribution in [2.45, 2.75) is 11.9 Å². The normalized spacial score (nSPS) is 9.09. The minimum absolute atomic E-state index is 0. The quantitative estimate of drug-likeness (QED) is 0.584. The molecule has 0 atom stereocenters. The van der Waals surface area contributed by atoms with Crippen molar-refractivity contribution in [1.29, 1.82) is 0 Å². The van der Waals surface area contributed by atoms with E-state index in [1.54, 1.807) is 6.07 Å². The molecule has 0 radical (unpaired) electrons. The molecule has 3 heteroatoms. The van der Waals surface area contributed by atoms with E-state index in [9.17, 15) is 4.39 Å². The third-order valence-corrected chi connectivity index (χ3v) is 2.65. The maximum atomic E-state index is 12.9. The molecule has 0 aliphatic heterocycles. The molecule has 56 valence electrons. The van der Waals surface area contributed by atoms with Gasteiger partial charge in [0.1, 0.15) is 0 Å². The van der Waals surface area contributed by atoms with E-state index in [0.717, 1.165) is 34.4 Å². The van der Waals surface area contributed by atoms with E-state index < -0.39 is 0 Å². The Morgan fingerprint density at radius 3 is 2.45 bits per heavy atom. The van der Waals surface area contributed by atoms with E-state index in [-0.39, 0.29) is 22.8 Å². The molecule has 0 nitrogen and oxygen atoms in total. The first-order chi connectivity index (χ1) is 4.75. The first kappa shape index (κ1) is 11.3. The Morgan fingerprint density at radius 2 is 2.09 bits per heavy atom. The summed E-state index contributed by atoms with van der Waals surface area (Å²) in [6, 6.07) is 5.23. The van der Waals surface area contributed by atoms with Crippen LogP contribution in [0, 0.1) is 12.7 Å². The summed E-state index contributed by atoms with van der Waals surface area (Å²) >= 11 is 1.13. The van der Waals surface area contributed by atoms with Crippen LogP contribution in [0.15, 0.2) is 18.2 Å². The number of halogens is 2. The molecule has 1 rings (SSSR count). The van der Waals surface area contributed by atoms with Crippen molar-refractivity contribution >= 4 is 0 Å². The summed E-state index contributed by atoms with van der Waals surface area (Å²) in [5, 5.41) is 0.901. The Balaban J connectivity index is 0.000001000. The van der Waals surface area contributed by atoms with E-state index >= 15 is 0 Å². The third kappa shape index (κ3) is 2.64. The summed E-state index contributed by atoms with van der Waals surface area (Å²) in [5.41, 5.74) is 1.97. The van der Waals surface area contributed by atoms with Crippen molar-refractivity contribution in [2.24, 2.45) is 0 Å². The molecule has 0 aliphatic carbocycles. The van der Waals surface area contributed by atoms with Crippen LogP contribution < -0.4 is 17.0 Å². The summed E-state index contributed by atoms with van der Waals surface area (Å²) in [4.78, 5) is 0. The van der Waals surface area contributed by atoms with Crippen LogP contribution in [0.3, 0.4) is 0 Å². The maximum Gasteiger partial charge on any atom is -1.00 e. The SMILES string of the molecule is Cc1cccc(F)c1[CH2][Zn+].[Br-]. The first-order valence-corrected chi connectivity index (χ1v) is 5.38. The Labute approximate surface area is 86.6 Å². The second-order valence-electron chi connectivity index (χ2n) is 2.29. The van der Waals surface area contributed by atoms with E-state index in [2.05, 4.69) is 0 Å². The van der Waals surface area contributed by atoms with Crippen LogP contribution in [0.25, 0.3) is 0 Å². The fourth-order valence-corrected chi connectivity index (χ4v) is 2.31. The number of aryl methyl sites for hydroxylation is 1. The average Bonchev–Trinajstić information content (AvgIpc) is 1.88. The summed E-state index contributed by atoms with van der Waals surface area (Å²) in [7, 11) is 0. The molecule has 0 saturated carbocycles. The first-order valence-electron chi connectivity index (χ1n) is 3.29. The molecule has 0 aromatic heterocycles. The van der Waals surface area contributed by atoms with Crippen molar-refractivity contribution in [2.75, 3.05) is 0 Å². The zero-order chi connectivity index (χ0) is 7.56. The molecule has 0 N–H and O–H groups in total. The van der Waals surface area contributed by atoms with Crippen LogP contribution in [0.1, 0.15) is 11.1 Å². The van der Waals surface area contributed by atoms with Gasteiger partial charge in [0.15, 0.2) is 0 Å². The van der Waals surface area contributed by atoms with E-state index in [4.69, 9.17) is 0 Å². The molecule has 0 spiro atoms. The van der Waals surface area contributed by atoms with Crippen LogP contribution in [0.4, 0.5) is 4.39 Å². The predicted octanol–water partition coefficient (Wildman–Crippen LogP) is -0.815. The fourth-order valence-electron chi connectivity index (χ4n) is 0.983.